The molecule has 1 saturated carbocycles. The van der Waals surface area contributed by atoms with Gasteiger partial charge in [0.1, 0.15) is 0 Å². The van der Waals surface area contributed by atoms with Crippen molar-refractivity contribution in [3.63, 3.8) is 0 Å². The molecule has 0 aromatic rings. The third kappa shape index (κ3) is 4.42. The Labute approximate surface area is 165 Å². The SMILES string of the molecule is CCOC(=O)C1CC(C(=O)OC)(C(=O)OC)[C@@H](C(C)C)[C@@H]1CP(=O)(OC)OC. The minimum absolute atomic E-state index is 0.129. The predicted molar refractivity (Wildman–Crippen MR) is 99.5 cm³/mol. The molecule has 3 atom stereocenters. The van der Waals surface area contributed by atoms with Crippen LogP contribution in [0.1, 0.15) is 27.2 Å². The molecule has 162 valence electrons. The van der Waals surface area contributed by atoms with Crippen LogP contribution in [0.2, 0.25) is 0 Å². The van der Waals surface area contributed by atoms with Gasteiger partial charge in [0.05, 0.1) is 32.9 Å². The van der Waals surface area contributed by atoms with Crippen LogP contribution in [0.4, 0.5) is 0 Å². The lowest BCUT2D eigenvalue weighted by Gasteiger charge is -2.35. The number of hydrogen-bond donors (Lipinski definition) is 0. The second-order valence-corrected chi connectivity index (χ2v) is 9.43. The van der Waals surface area contributed by atoms with Gasteiger partial charge >= 0.3 is 25.5 Å². The standard InChI is InChI=1S/C18H31O9P/c1-8-27-15(19)12-9-18(16(20)23-4,17(21)24-5)14(11(2)3)13(12)10-28(22,25-6)26-7/h11-14H,8-10H2,1-7H3/t12?,13-,14+/m1/s1. The molecule has 0 N–H and O–H groups in total. The summed E-state index contributed by atoms with van der Waals surface area (Å²) < 4.78 is 38.0. The molecule has 9 nitrogen and oxygen atoms in total. The molecule has 10 heteroatoms. The summed E-state index contributed by atoms with van der Waals surface area (Å²) in [6, 6.07) is 0. The van der Waals surface area contributed by atoms with E-state index >= 15 is 0 Å². The highest BCUT2D eigenvalue weighted by Gasteiger charge is 2.67. The van der Waals surface area contributed by atoms with Crippen molar-refractivity contribution in [3.05, 3.63) is 0 Å². The maximum Gasteiger partial charge on any atom is 0.330 e. The largest absolute Gasteiger partial charge is 0.468 e. The van der Waals surface area contributed by atoms with Crippen LogP contribution in [0.25, 0.3) is 0 Å². The Morgan fingerprint density at radius 1 is 1.04 bits per heavy atom. The third-order valence-corrected chi connectivity index (χ3v) is 7.47. The lowest BCUT2D eigenvalue weighted by atomic mass is 9.70. The van der Waals surface area contributed by atoms with E-state index < -0.39 is 48.7 Å². The number of carbonyl (C=O) groups is 3. The monoisotopic (exact) mass is 422 g/mol. The zero-order valence-corrected chi connectivity index (χ0v) is 18.4. The van der Waals surface area contributed by atoms with Gasteiger partial charge in [-0.3, -0.25) is 18.9 Å². The van der Waals surface area contributed by atoms with Crippen molar-refractivity contribution in [1.29, 1.82) is 0 Å². The number of ether oxygens (including phenoxy) is 3. The quantitative estimate of drug-likeness (QED) is 0.239. The van der Waals surface area contributed by atoms with Gasteiger partial charge in [0.2, 0.25) is 0 Å². The maximum absolute atomic E-state index is 12.9. The van der Waals surface area contributed by atoms with Gasteiger partial charge in [0.25, 0.3) is 0 Å². The van der Waals surface area contributed by atoms with Gasteiger partial charge in [-0.15, -0.1) is 0 Å². The first-order valence-electron chi connectivity index (χ1n) is 9.12. The van der Waals surface area contributed by atoms with E-state index in [-0.39, 0.29) is 25.1 Å². The van der Waals surface area contributed by atoms with Gasteiger partial charge in [-0.05, 0) is 31.1 Å². The fourth-order valence-corrected chi connectivity index (χ4v) is 5.88. The van der Waals surface area contributed by atoms with E-state index in [1.807, 2.05) is 13.8 Å². The molecule has 1 fully saturated rings. The second kappa shape index (κ2) is 9.85. The normalized spacial score (nSPS) is 24.1. The molecule has 28 heavy (non-hydrogen) atoms. The van der Waals surface area contributed by atoms with Crippen molar-refractivity contribution in [2.75, 3.05) is 41.2 Å². The number of esters is 3. The average molecular weight is 422 g/mol. The van der Waals surface area contributed by atoms with Crippen LogP contribution >= 0.6 is 7.60 Å². The Kier molecular flexibility index (Phi) is 8.65. The van der Waals surface area contributed by atoms with Crippen molar-refractivity contribution in [2.45, 2.75) is 27.2 Å². The summed E-state index contributed by atoms with van der Waals surface area (Å²) in [5.41, 5.74) is -1.72. The number of carbonyl (C=O) groups excluding carboxylic acids is 3. The molecule has 0 saturated heterocycles. The minimum Gasteiger partial charge on any atom is -0.468 e. The van der Waals surface area contributed by atoms with E-state index in [0.29, 0.717) is 0 Å². The van der Waals surface area contributed by atoms with E-state index in [2.05, 4.69) is 0 Å². The van der Waals surface area contributed by atoms with Crippen LogP contribution in [0.15, 0.2) is 0 Å². The van der Waals surface area contributed by atoms with Crippen molar-refractivity contribution in [2.24, 2.45) is 29.1 Å². The molecular formula is C18H31O9P. The fraction of sp³-hybridized carbons (Fsp3) is 0.833. The zero-order chi connectivity index (χ0) is 21.7. The van der Waals surface area contributed by atoms with Crippen molar-refractivity contribution in [1.82, 2.24) is 0 Å². The molecule has 0 radical (unpaired) electrons. The summed E-state index contributed by atoms with van der Waals surface area (Å²) in [5.74, 6) is -4.65. The highest BCUT2D eigenvalue weighted by molar-refractivity contribution is 7.53. The molecule has 0 spiro atoms. The van der Waals surface area contributed by atoms with E-state index in [4.69, 9.17) is 23.3 Å². The lowest BCUT2D eigenvalue weighted by molar-refractivity contribution is -0.174. The van der Waals surface area contributed by atoms with Crippen LogP contribution in [0, 0.1) is 29.1 Å². The molecule has 1 aliphatic carbocycles. The third-order valence-electron chi connectivity index (χ3n) is 5.49. The maximum atomic E-state index is 12.9. The Bertz CT molecular complexity index is 607. The minimum atomic E-state index is -3.55. The Morgan fingerprint density at radius 2 is 1.54 bits per heavy atom. The molecule has 1 rings (SSSR count). The molecule has 0 aromatic carbocycles. The fourth-order valence-electron chi connectivity index (χ4n) is 4.43. The van der Waals surface area contributed by atoms with Crippen molar-refractivity contribution < 1.29 is 42.2 Å². The van der Waals surface area contributed by atoms with Crippen molar-refractivity contribution >= 4 is 25.5 Å². The average Bonchev–Trinajstić information content (AvgIpc) is 3.02. The summed E-state index contributed by atoms with van der Waals surface area (Å²) in [4.78, 5) is 38.3. The highest BCUT2D eigenvalue weighted by Crippen LogP contribution is 2.60. The smallest absolute Gasteiger partial charge is 0.330 e. The predicted octanol–water partition coefficient (Wildman–Crippen LogP) is 2.28. The van der Waals surface area contributed by atoms with Crippen LogP contribution in [0.5, 0.6) is 0 Å². The molecule has 0 amide bonds. The summed E-state index contributed by atoms with van der Waals surface area (Å²) in [7, 11) is 1.29. The molecule has 0 bridgehead atoms. The van der Waals surface area contributed by atoms with Crippen molar-refractivity contribution in [3.8, 4) is 0 Å². The van der Waals surface area contributed by atoms with Crippen LogP contribution in [0.3, 0.4) is 0 Å². The first-order chi connectivity index (χ1) is 13.1. The van der Waals surface area contributed by atoms with Crippen LogP contribution in [-0.2, 0) is 42.2 Å². The number of rotatable bonds is 9. The van der Waals surface area contributed by atoms with Gasteiger partial charge in [0.15, 0.2) is 5.41 Å². The summed E-state index contributed by atoms with van der Waals surface area (Å²) in [6.45, 7) is 5.42. The molecular weight excluding hydrogens is 391 g/mol. The first kappa shape index (κ1) is 24.6. The number of methoxy groups -OCH3 is 2. The summed E-state index contributed by atoms with van der Waals surface area (Å²) >= 11 is 0. The molecule has 1 aliphatic rings. The van der Waals surface area contributed by atoms with E-state index in [1.54, 1.807) is 6.92 Å². The van der Waals surface area contributed by atoms with Crippen LogP contribution < -0.4 is 0 Å². The van der Waals surface area contributed by atoms with Gasteiger partial charge in [0, 0.05) is 14.2 Å². The molecule has 0 aliphatic heterocycles. The summed E-state index contributed by atoms with van der Waals surface area (Å²) in [6.07, 6.45) is -0.311. The Morgan fingerprint density at radius 3 is 1.89 bits per heavy atom. The Hall–Kier alpha value is -1.44. The van der Waals surface area contributed by atoms with Gasteiger partial charge in [-0.2, -0.15) is 0 Å². The van der Waals surface area contributed by atoms with E-state index in [9.17, 15) is 18.9 Å². The summed E-state index contributed by atoms with van der Waals surface area (Å²) in [5, 5.41) is 0. The highest BCUT2D eigenvalue weighted by atomic mass is 31.2. The Balaban J connectivity index is 3.64. The lowest BCUT2D eigenvalue weighted by Crippen LogP contribution is -2.47. The van der Waals surface area contributed by atoms with Crippen LogP contribution in [-0.4, -0.2) is 59.1 Å². The molecule has 0 aromatic heterocycles. The van der Waals surface area contributed by atoms with Gasteiger partial charge in [-0.1, -0.05) is 13.8 Å². The molecule has 1 unspecified atom stereocenters. The first-order valence-corrected chi connectivity index (χ1v) is 10.8. The van der Waals surface area contributed by atoms with E-state index in [1.165, 1.54) is 28.4 Å². The second-order valence-electron chi connectivity index (χ2n) is 7.11. The molecule has 0 heterocycles. The topological polar surface area (TPSA) is 114 Å². The van der Waals surface area contributed by atoms with Gasteiger partial charge in [-0.25, -0.2) is 0 Å². The van der Waals surface area contributed by atoms with Gasteiger partial charge < -0.3 is 23.3 Å². The number of hydrogen-bond acceptors (Lipinski definition) is 9. The zero-order valence-electron chi connectivity index (χ0n) is 17.6. The van der Waals surface area contributed by atoms with E-state index in [0.717, 1.165) is 0 Å².